The van der Waals surface area contributed by atoms with E-state index in [4.69, 9.17) is 4.74 Å². The number of halogens is 4. The Labute approximate surface area is 180 Å². The van der Waals surface area contributed by atoms with Gasteiger partial charge in [-0.1, -0.05) is 52.3 Å². The Morgan fingerprint density at radius 2 is 1.73 bits per heavy atom. The Balaban J connectivity index is 1.74. The lowest BCUT2D eigenvalue weighted by Gasteiger charge is -2.15. The third-order valence-corrected chi connectivity index (χ3v) is 5.30. The molecular formula is C24H17BrF3NO. The third-order valence-electron chi connectivity index (χ3n) is 4.81. The van der Waals surface area contributed by atoms with Gasteiger partial charge in [-0.05, 0) is 59.5 Å². The van der Waals surface area contributed by atoms with Crippen molar-refractivity contribution in [2.24, 2.45) is 0 Å². The van der Waals surface area contributed by atoms with Crippen LogP contribution in [0.25, 0.3) is 22.0 Å². The zero-order chi connectivity index (χ0) is 21.3. The Morgan fingerprint density at radius 3 is 2.50 bits per heavy atom. The lowest BCUT2D eigenvalue weighted by atomic mass is 9.95. The molecule has 0 unspecified atom stereocenters. The van der Waals surface area contributed by atoms with Crippen LogP contribution in [0.5, 0.6) is 5.75 Å². The molecule has 0 atom stereocenters. The number of hydrogen-bond donors (Lipinski definition) is 0. The van der Waals surface area contributed by atoms with Gasteiger partial charge in [0.05, 0.1) is 11.1 Å². The number of rotatable bonds is 4. The molecule has 6 heteroatoms. The molecule has 0 saturated carbocycles. The van der Waals surface area contributed by atoms with Crippen LogP contribution in [-0.2, 0) is 12.8 Å². The molecule has 0 aliphatic carbocycles. The first-order valence-electron chi connectivity index (χ1n) is 9.26. The summed E-state index contributed by atoms with van der Waals surface area (Å²) in [6, 6.07) is 19.4. The molecule has 0 spiro atoms. The second-order valence-corrected chi connectivity index (χ2v) is 7.88. The summed E-state index contributed by atoms with van der Waals surface area (Å²) in [5.74, 6) is 0.642. The number of nitrogens with zero attached hydrogens (tertiary/aromatic N) is 1. The van der Waals surface area contributed by atoms with Crippen LogP contribution in [0, 0.1) is 6.92 Å². The van der Waals surface area contributed by atoms with Crippen LogP contribution < -0.4 is 4.74 Å². The zero-order valence-electron chi connectivity index (χ0n) is 16.0. The molecule has 2 nitrogen and oxygen atoms in total. The van der Waals surface area contributed by atoms with Gasteiger partial charge in [-0.2, -0.15) is 13.2 Å². The Hall–Kier alpha value is -2.86. The number of ether oxygens (including phenoxy) is 1. The molecule has 30 heavy (non-hydrogen) atoms. The van der Waals surface area contributed by atoms with E-state index < -0.39 is 11.7 Å². The van der Waals surface area contributed by atoms with E-state index in [1.165, 1.54) is 12.3 Å². The smallest absolute Gasteiger partial charge is 0.418 e. The lowest BCUT2D eigenvalue weighted by Crippen LogP contribution is -2.07. The standard InChI is InChI=1S/C24H17BrF3NO/c1-15-13-29-23-20(9-4-10-21(23)24(26,27)28)22(15)17-6-3-8-19(12-17)30-14-16-5-2-7-18(25)11-16/h2-13H,14H2,1H3. The average Bonchev–Trinajstić information content (AvgIpc) is 2.71. The summed E-state index contributed by atoms with van der Waals surface area (Å²) in [5.41, 5.74) is 2.53. The minimum absolute atomic E-state index is 0.0499. The highest BCUT2D eigenvalue weighted by atomic mass is 79.9. The van der Waals surface area contributed by atoms with E-state index in [0.717, 1.165) is 32.8 Å². The van der Waals surface area contributed by atoms with Gasteiger partial charge in [0.15, 0.2) is 0 Å². The van der Waals surface area contributed by atoms with Crippen molar-refractivity contribution in [2.45, 2.75) is 19.7 Å². The molecule has 0 bridgehead atoms. The molecule has 0 aliphatic rings. The number of para-hydroxylation sites is 1. The number of aromatic nitrogens is 1. The second-order valence-electron chi connectivity index (χ2n) is 6.96. The molecule has 4 rings (SSSR count). The molecule has 1 aromatic heterocycles. The van der Waals surface area contributed by atoms with E-state index in [0.29, 0.717) is 17.7 Å². The summed E-state index contributed by atoms with van der Waals surface area (Å²) < 4.78 is 47.2. The highest BCUT2D eigenvalue weighted by molar-refractivity contribution is 9.10. The Bertz CT molecular complexity index is 1220. The summed E-state index contributed by atoms with van der Waals surface area (Å²) in [5, 5.41) is 0.467. The molecule has 0 saturated heterocycles. The molecule has 0 fully saturated rings. The Kier molecular flexibility index (Phi) is 5.52. The van der Waals surface area contributed by atoms with Crippen molar-refractivity contribution in [2.75, 3.05) is 0 Å². The molecule has 4 aromatic rings. The first kappa shape index (κ1) is 20.4. The fourth-order valence-corrected chi connectivity index (χ4v) is 3.92. The monoisotopic (exact) mass is 471 g/mol. The van der Waals surface area contributed by atoms with Crippen molar-refractivity contribution in [3.63, 3.8) is 0 Å². The van der Waals surface area contributed by atoms with Crippen LogP contribution in [0.3, 0.4) is 0 Å². The zero-order valence-corrected chi connectivity index (χ0v) is 17.6. The molecule has 0 N–H and O–H groups in total. The van der Waals surface area contributed by atoms with Gasteiger partial charge in [0.25, 0.3) is 0 Å². The number of aryl methyl sites for hydroxylation is 1. The largest absolute Gasteiger partial charge is 0.489 e. The molecule has 3 aromatic carbocycles. The minimum atomic E-state index is -4.46. The van der Waals surface area contributed by atoms with Gasteiger partial charge in [0.2, 0.25) is 0 Å². The van der Waals surface area contributed by atoms with Gasteiger partial charge < -0.3 is 4.74 Å². The van der Waals surface area contributed by atoms with Gasteiger partial charge in [-0.15, -0.1) is 0 Å². The SMILES string of the molecule is Cc1cnc2c(C(F)(F)F)cccc2c1-c1cccc(OCc2cccc(Br)c2)c1. The van der Waals surface area contributed by atoms with Crippen LogP contribution in [0.2, 0.25) is 0 Å². The summed E-state index contributed by atoms with van der Waals surface area (Å²) in [6.45, 7) is 2.23. The van der Waals surface area contributed by atoms with Crippen LogP contribution in [0.1, 0.15) is 16.7 Å². The predicted octanol–water partition coefficient (Wildman–Crippen LogP) is 7.57. The Morgan fingerprint density at radius 1 is 0.967 bits per heavy atom. The van der Waals surface area contributed by atoms with Crippen LogP contribution >= 0.6 is 15.9 Å². The van der Waals surface area contributed by atoms with Crippen molar-refractivity contribution >= 4 is 26.8 Å². The maximum absolute atomic E-state index is 13.4. The van der Waals surface area contributed by atoms with E-state index in [1.807, 2.05) is 55.5 Å². The molecule has 152 valence electrons. The van der Waals surface area contributed by atoms with Crippen molar-refractivity contribution < 1.29 is 17.9 Å². The maximum atomic E-state index is 13.4. The van der Waals surface area contributed by atoms with E-state index in [2.05, 4.69) is 20.9 Å². The van der Waals surface area contributed by atoms with Crippen molar-refractivity contribution in [3.8, 4) is 16.9 Å². The maximum Gasteiger partial charge on any atom is 0.418 e. The molecule has 0 aliphatic heterocycles. The van der Waals surface area contributed by atoms with Crippen molar-refractivity contribution in [1.29, 1.82) is 0 Å². The second kappa shape index (κ2) is 8.11. The minimum Gasteiger partial charge on any atom is -0.489 e. The average molecular weight is 472 g/mol. The number of benzene rings is 3. The molecule has 0 radical (unpaired) electrons. The van der Waals surface area contributed by atoms with E-state index >= 15 is 0 Å². The topological polar surface area (TPSA) is 22.1 Å². The first-order chi connectivity index (χ1) is 14.3. The molecule has 0 amide bonds. The predicted molar refractivity (Wildman–Crippen MR) is 115 cm³/mol. The van der Waals surface area contributed by atoms with E-state index in [-0.39, 0.29) is 5.52 Å². The van der Waals surface area contributed by atoms with E-state index in [9.17, 15) is 13.2 Å². The highest BCUT2D eigenvalue weighted by Crippen LogP contribution is 2.38. The normalized spacial score (nSPS) is 11.6. The van der Waals surface area contributed by atoms with Gasteiger partial charge >= 0.3 is 6.18 Å². The van der Waals surface area contributed by atoms with Gasteiger partial charge in [-0.25, -0.2) is 0 Å². The highest BCUT2D eigenvalue weighted by Gasteiger charge is 2.33. The fourth-order valence-electron chi connectivity index (χ4n) is 3.47. The van der Waals surface area contributed by atoms with Crippen molar-refractivity contribution in [1.82, 2.24) is 4.98 Å². The van der Waals surface area contributed by atoms with E-state index in [1.54, 1.807) is 6.07 Å². The van der Waals surface area contributed by atoms with Crippen molar-refractivity contribution in [3.05, 3.63) is 94.1 Å². The quantitative estimate of drug-likeness (QED) is 0.306. The third kappa shape index (κ3) is 4.19. The van der Waals surface area contributed by atoms with Crippen LogP contribution in [0.15, 0.2) is 77.4 Å². The van der Waals surface area contributed by atoms with Gasteiger partial charge in [0, 0.05) is 16.1 Å². The number of pyridine rings is 1. The molecule has 1 heterocycles. The molecular weight excluding hydrogens is 455 g/mol. The fraction of sp³-hybridized carbons (Fsp3) is 0.125. The summed E-state index contributed by atoms with van der Waals surface area (Å²) in [6.07, 6.45) is -2.98. The number of hydrogen-bond acceptors (Lipinski definition) is 2. The number of alkyl halides is 3. The number of fused-ring (bicyclic) bond motifs is 1. The lowest BCUT2D eigenvalue weighted by molar-refractivity contribution is -0.136. The van der Waals surface area contributed by atoms with Crippen LogP contribution in [-0.4, -0.2) is 4.98 Å². The van der Waals surface area contributed by atoms with Gasteiger partial charge in [0.1, 0.15) is 12.4 Å². The summed E-state index contributed by atoms with van der Waals surface area (Å²) in [4.78, 5) is 4.08. The summed E-state index contributed by atoms with van der Waals surface area (Å²) >= 11 is 3.44. The van der Waals surface area contributed by atoms with Crippen LogP contribution in [0.4, 0.5) is 13.2 Å². The first-order valence-corrected chi connectivity index (χ1v) is 10.1. The summed E-state index contributed by atoms with van der Waals surface area (Å²) in [7, 11) is 0. The van der Waals surface area contributed by atoms with Gasteiger partial charge in [-0.3, -0.25) is 4.98 Å².